The summed E-state index contributed by atoms with van der Waals surface area (Å²) in [5, 5.41) is 7.25. The minimum absolute atomic E-state index is 0.0163. The second-order valence-electron chi connectivity index (χ2n) is 8.02. The highest BCUT2D eigenvalue weighted by molar-refractivity contribution is 5.67. The summed E-state index contributed by atoms with van der Waals surface area (Å²) in [4.78, 5) is 14.1. The Bertz CT molecular complexity index is 576. The normalized spacial score (nSPS) is 24.4. The third-order valence-electron chi connectivity index (χ3n) is 5.60. The highest BCUT2D eigenvalue weighted by atomic mass is 16.6. The third-order valence-corrected chi connectivity index (χ3v) is 5.60. The smallest absolute Gasteiger partial charge is 0.410 e. The highest BCUT2D eigenvalue weighted by Gasteiger charge is 2.26. The van der Waals surface area contributed by atoms with Crippen LogP contribution in [0.25, 0.3) is 0 Å². The molecular weight excluding hydrogens is 354 g/mol. The molecule has 1 amide bonds. The van der Waals surface area contributed by atoms with E-state index in [0.29, 0.717) is 38.4 Å². The van der Waals surface area contributed by atoms with Gasteiger partial charge in [0.1, 0.15) is 6.61 Å². The lowest BCUT2D eigenvalue weighted by atomic mass is 10.0. The van der Waals surface area contributed by atoms with Crippen molar-refractivity contribution in [2.24, 2.45) is 0 Å². The van der Waals surface area contributed by atoms with Gasteiger partial charge in [0, 0.05) is 25.2 Å². The van der Waals surface area contributed by atoms with Crippen molar-refractivity contribution >= 4 is 6.09 Å². The highest BCUT2D eigenvalue weighted by Crippen LogP contribution is 2.13. The zero-order valence-electron chi connectivity index (χ0n) is 17.1. The van der Waals surface area contributed by atoms with Gasteiger partial charge in [-0.2, -0.15) is 0 Å². The maximum atomic E-state index is 12.4. The second-order valence-corrected chi connectivity index (χ2v) is 8.02. The molecule has 6 heteroatoms. The topological polar surface area (TPSA) is 62.8 Å². The van der Waals surface area contributed by atoms with E-state index >= 15 is 0 Å². The van der Waals surface area contributed by atoms with Crippen molar-refractivity contribution in [3.8, 4) is 0 Å². The van der Waals surface area contributed by atoms with E-state index in [-0.39, 0.29) is 12.2 Å². The monoisotopic (exact) mass is 389 g/mol. The van der Waals surface area contributed by atoms with Crippen molar-refractivity contribution in [2.45, 2.75) is 63.8 Å². The molecule has 0 bridgehead atoms. The van der Waals surface area contributed by atoms with Gasteiger partial charge in [-0.05, 0) is 38.3 Å². The van der Waals surface area contributed by atoms with E-state index in [9.17, 15) is 4.79 Å². The molecule has 0 saturated carbocycles. The number of rotatable bonds is 7. The largest absolute Gasteiger partial charge is 0.445 e. The van der Waals surface area contributed by atoms with Gasteiger partial charge < -0.3 is 25.0 Å². The standard InChI is InChI=1S/C22H35N3O3/c1-18(14-20-10-6-3-7-11-23-20)24-15-21-16-25(12-13-27-21)22(26)28-17-19-8-4-2-5-9-19/h2,4-5,8-9,18,20-21,23-24H,3,6-7,10-17H2,1H3. The van der Waals surface area contributed by atoms with Gasteiger partial charge in [-0.15, -0.1) is 0 Å². The number of benzene rings is 1. The van der Waals surface area contributed by atoms with Crippen LogP contribution in [0, 0.1) is 0 Å². The zero-order valence-corrected chi connectivity index (χ0v) is 17.1. The first-order valence-electron chi connectivity index (χ1n) is 10.7. The predicted molar refractivity (Wildman–Crippen MR) is 110 cm³/mol. The van der Waals surface area contributed by atoms with E-state index in [1.807, 2.05) is 30.3 Å². The number of nitrogens with one attached hydrogen (secondary N) is 2. The molecule has 1 aromatic carbocycles. The molecule has 2 N–H and O–H groups in total. The molecular formula is C22H35N3O3. The van der Waals surface area contributed by atoms with Crippen LogP contribution in [0.1, 0.15) is 44.6 Å². The number of ether oxygens (including phenoxy) is 2. The van der Waals surface area contributed by atoms with Crippen LogP contribution in [-0.4, -0.2) is 62.0 Å². The lowest BCUT2D eigenvalue weighted by Gasteiger charge is -2.33. The fraction of sp³-hybridized carbons (Fsp3) is 0.682. The van der Waals surface area contributed by atoms with E-state index in [4.69, 9.17) is 9.47 Å². The van der Waals surface area contributed by atoms with Crippen LogP contribution in [0.4, 0.5) is 4.79 Å². The average molecular weight is 390 g/mol. The second kappa shape index (κ2) is 11.4. The zero-order chi connectivity index (χ0) is 19.6. The van der Waals surface area contributed by atoms with E-state index in [1.165, 1.54) is 25.7 Å². The van der Waals surface area contributed by atoms with Crippen molar-refractivity contribution in [1.82, 2.24) is 15.5 Å². The van der Waals surface area contributed by atoms with E-state index in [0.717, 1.165) is 25.1 Å². The summed E-state index contributed by atoms with van der Waals surface area (Å²) in [6, 6.07) is 10.8. The number of morpholine rings is 1. The van der Waals surface area contributed by atoms with E-state index in [1.54, 1.807) is 4.90 Å². The predicted octanol–water partition coefficient (Wildman–Crippen LogP) is 2.92. The van der Waals surface area contributed by atoms with Gasteiger partial charge in [0.15, 0.2) is 0 Å². The van der Waals surface area contributed by atoms with Gasteiger partial charge >= 0.3 is 6.09 Å². The van der Waals surface area contributed by atoms with Crippen LogP contribution < -0.4 is 10.6 Å². The molecule has 0 aromatic heterocycles. The minimum atomic E-state index is -0.257. The first-order valence-corrected chi connectivity index (χ1v) is 10.7. The first kappa shape index (κ1) is 21.1. The maximum Gasteiger partial charge on any atom is 0.410 e. The molecule has 156 valence electrons. The molecule has 2 fully saturated rings. The number of hydrogen-bond acceptors (Lipinski definition) is 5. The molecule has 0 spiro atoms. The van der Waals surface area contributed by atoms with E-state index < -0.39 is 0 Å². The van der Waals surface area contributed by atoms with Crippen molar-refractivity contribution < 1.29 is 14.3 Å². The molecule has 0 radical (unpaired) electrons. The Morgan fingerprint density at radius 3 is 3.04 bits per heavy atom. The molecule has 3 unspecified atom stereocenters. The van der Waals surface area contributed by atoms with Crippen LogP contribution in [0.5, 0.6) is 0 Å². The number of hydrogen-bond donors (Lipinski definition) is 2. The Morgan fingerprint density at radius 1 is 1.32 bits per heavy atom. The van der Waals surface area contributed by atoms with Crippen LogP contribution in [0.2, 0.25) is 0 Å². The Morgan fingerprint density at radius 2 is 2.18 bits per heavy atom. The Balaban J connectivity index is 1.36. The molecule has 2 aliphatic rings. The van der Waals surface area contributed by atoms with Gasteiger partial charge in [0.2, 0.25) is 0 Å². The molecule has 1 aromatic rings. The summed E-state index contributed by atoms with van der Waals surface area (Å²) < 4.78 is 11.3. The van der Waals surface area contributed by atoms with Crippen LogP contribution >= 0.6 is 0 Å². The number of carbonyl (C=O) groups is 1. The summed E-state index contributed by atoms with van der Waals surface area (Å²) in [5.74, 6) is 0. The maximum absolute atomic E-state index is 12.4. The molecule has 6 nitrogen and oxygen atoms in total. The Hall–Kier alpha value is -1.63. The quantitative estimate of drug-likeness (QED) is 0.751. The minimum Gasteiger partial charge on any atom is -0.445 e. The lowest BCUT2D eigenvalue weighted by molar-refractivity contribution is -0.0279. The van der Waals surface area contributed by atoms with Gasteiger partial charge in [-0.25, -0.2) is 4.79 Å². The molecule has 3 rings (SSSR count). The molecule has 2 aliphatic heterocycles. The van der Waals surface area contributed by atoms with Gasteiger partial charge in [-0.1, -0.05) is 43.2 Å². The number of amides is 1. The van der Waals surface area contributed by atoms with Crippen LogP contribution in [-0.2, 0) is 16.1 Å². The number of nitrogens with zero attached hydrogens (tertiary/aromatic N) is 1. The molecule has 0 aliphatic carbocycles. The Kier molecular flexibility index (Phi) is 8.58. The summed E-state index contributed by atoms with van der Waals surface area (Å²) in [6.45, 7) is 6.18. The third kappa shape index (κ3) is 7.08. The van der Waals surface area contributed by atoms with Crippen LogP contribution in [0.3, 0.4) is 0 Å². The Labute approximate surface area is 169 Å². The summed E-state index contributed by atoms with van der Waals surface area (Å²) in [7, 11) is 0. The number of carbonyl (C=O) groups excluding carboxylic acids is 1. The fourth-order valence-electron chi connectivity index (χ4n) is 3.96. The van der Waals surface area contributed by atoms with Crippen molar-refractivity contribution in [3.63, 3.8) is 0 Å². The summed E-state index contributed by atoms with van der Waals surface area (Å²) in [5.41, 5.74) is 1.00. The van der Waals surface area contributed by atoms with Crippen molar-refractivity contribution in [2.75, 3.05) is 32.8 Å². The van der Waals surface area contributed by atoms with Crippen molar-refractivity contribution in [3.05, 3.63) is 35.9 Å². The molecule has 2 saturated heterocycles. The van der Waals surface area contributed by atoms with Crippen molar-refractivity contribution in [1.29, 1.82) is 0 Å². The molecule has 28 heavy (non-hydrogen) atoms. The lowest BCUT2D eigenvalue weighted by Crippen LogP contribution is -2.50. The first-order chi connectivity index (χ1) is 13.7. The van der Waals surface area contributed by atoms with E-state index in [2.05, 4.69) is 17.6 Å². The SMILES string of the molecule is CC(CC1CCCCCN1)NCC1CN(C(=O)OCc2ccccc2)CCO1. The summed E-state index contributed by atoms with van der Waals surface area (Å²) >= 11 is 0. The average Bonchev–Trinajstić information content (AvgIpc) is 3.00. The van der Waals surface area contributed by atoms with Crippen LogP contribution in [0.15, 0.2) is 30.3 Å². The molecule has 2 heterocycles. The fourth-order valence-corrected chi connectivity index (χ4v) is 3.96. The van der Waals surface area contributed by atoms with Gasteiger partial charge in [-0.3, -0.25) is 0 Å². The summed E-state index contributed by atoms with van der Waals surface area (Å²) in [6.07, 6.45) is 6.14. The van der Waals surface area contributed by atoms with Gasteiger partial charge in [0.05, 0.1) is 19.3 Å². The molecule has 3 atom stereocenters. The van der Waals surface area contributed by atoms with Gasteiger partial charge in [0.25, 0.3) is 0 Å².